The maximum absolute atomic E-state index is 12.3. The highest BCUT2D eigenvalue weighted by Crippen LogP contribution is 2.34. The van der Waals surface area contributed by atoms with E-state index in [4.69, 9.17) is 0 Å². The molecule has 0 bridgehead atoms. The number of rotatable bonds is 5. The van der Waals surface area contributed by atoms with Crippen molar-refractivity contribution >= 4 is 5.78 Å². The number of benzene rings is 1. The van der Waals surface area contributed by atoms with Crippen LogP contribution >= 0.6 is 0 Å². The first kappa shape index (κ1) is 13.3. The summed E-state index contributed by atoms with van der Waals surface area (Å²) in [5, 5.41) is 0. The second-order valence-electron chi connectivity index (χ2n) is 5.73. The molecule has 1 fully saturated rings. The van der Waals surface area contributed by atoms with Gasteiger partial charge in [-0.05, 0) is 52.1 Å². The second kappa shape index (κ2) is 5.23. The van der Waals surface area contributed by atoms with Crippen LogP contribution in [-0.2, 0) is 0 Å². The van der Waals surface area contributed by atoms with Gasteiger partial charge in [-0.15, -0.1) is 0 Å². The predicted octanol–water partition coefficient (Wildman–Crippen LogP) is 3.22. The van der Waals surface area contributed by atoms with Crippen LogP contribution in [0, 0.1) is 19.8 Å². The number of carbonyl (C=O) groups excluding carboxylic acids is 1. The molecule has 0 aliphatic heterocycles. The summed E-state index contributed by atoms with van der Waals surface area (Å²) in [4.78, 5) is 14.5. The van der Waals surface area contributed by atoms with Crippen LogP contribution in [0.3, 0.4) is 0 Å². The van der Waals surface area contributed by atoms with Crippen LogP contribution < -0.4 is 0 Å². The summed E-state index contributed by atoms with van der Waals surface area (Å²) in [6.45, 7) is 6.83. The van der Waals surface area contributed by atoms with Crippen molar-refractivity contribution in [3.8, 4) is 0 Å². The van der Waals surface area contributed by atoms with Crippen LogP contribution in [-0.4, -0.2) is 30.3 Å². The van der Waals surface area contributed by atoms with Crippen LogP contribution in [0.5, 0.6) is 0 Å². The lowest BCUT2D eigenvalue weighted by Gasteiger charge is -2.24. The Bertz CT molecular complexity index is 448. The molecule has 1 atom stereocenters. The Hall–Kier alpha value is -1.15. The third-order valence-electron chi connectivity index (χ3n) is 4.07. The van der Waals surface area contributed by atoms with Gasteiger partial charge in [0.15, 0.2) is 5.78 Å². The van der Waals surface area contributed by atoms with E-state index < -0.39 is 0 Å². The number of nitrogens with zero attached hydrogens (tertiary/aromatic N) is 1. The Morgan fingerprint density at radius 1 is 1.39 bits per heavy atom. The van der Waals surface area contributed by atoms with Crippen LogP contribution in [0.2, 0.25) is 0 Å². The quantitative estimate of drug-likeness (QED) is 0.742. The molecule has 1 unspecified atom stereocenters. The van der Waals surface area contributed by atoms with Crippen LogP contribution in [0.15, 0.2) is 18.2 Å². The van der Waals surface area contributed by atoms with Gasteiger partial charge in [0.2, 0.25) is 0 Å². The molecule has 1 saturated carbocycles. The lowest BCUT2D eigenvalue weighted by Crippen LogP contribution is -2.35. The van der Waals surface area contributed by atoms with Crippen molar-refractivity contribution in [3.63, 3.8) is 0 Å². The minimum Gasteiger partial charge on any atom is -0.296 e. The topological polar surface area (TPSA) is 20.3 Å². The van der Waals surface area contributed by atoms with Crippen LogP contribution in [0.25, 0.3) is 0 Å². The van der Waals surface area contributed by atoms with Crippen molar-refractivity contribution in [2.24, 2.45) is 5.92 Å². The molecule has 0 heterocycles. The van der Waals surface area contributed by atoms with Gasteiger partial charge in [0.1, 0.15) is 0 Å². The molecule has 1 aliphatic rings. The normalized spacial score (nSPS) is 16.9. The first-order chi connectivity index (χ1) is 8.49. The summed E-state index contributed by atoms with van der Waals surface area (Å²) < 4.78 is 0. The first-order valence-corrected chi connectivity index (χ1v) is 6.79. The summed E-state index contributed by atoms with van der Waals surface area (Å²) in [6.07, 6.45) is 2.65. The maximum atomic E-state index is 12.3. The van der Waals surface area contributed by atoms with Crippen molar-refractivity contribution in [1.82, 2.24) is 4.90 Å². The Morgan fingerprint density at radius 2 is 2.06 bits per heavy atom. The summed E-state index contributed by atoms with van der Waals surface area (Å²) in [5.74, 6) is 1.05. The van der Waals surface area contributed by atoms with Gasteiger partial charge in [-0.25, -0.2) is 0 Å². The number of likely N-dealkylation sites (N-methyl/N-ethyl adjacent to an activating group) is 1. The largest absolute Gasteiger partial charge is 0.296 e. The Labute approximate surface area is 110 Å². The third-order valence-corrected chi connectivity index (χ3v) is 4.07. The Morgan fingerprint density at radius 3 is 2.61 bits per heavy atom. The minimum absolute atomic E-state index is 0.238. The number of Topliss-reactive ketones (excluding diaryl/α,β-unsaturated/α-hetero) is 1. The molecule has 2 heteroatoms. The molecule has 0 amide bonds. The molecule has 0 radical (unpaired) electrons. The molecular weight excluding hydrogens is 222 g/mol. The van der Waals surface area contributed by atoms with E-state index in [2.05, 4.69) is 31.9 Å². The van der Waals surface area contributed by atoms with E-state index in [0.717, 1.165) is 17.0 Å². The Balaban J connectivity index is 2.02. The lowest BCUT2D eigenvalue weighted by atomic mass is 10.0. The fraction of sp³-hybridized carbons (Fsp3) is 0.562. The molecule has 1 aromatic rings. The van der Waals surface area contributed by atoms with Crippen molar-refractivity contribution < 1.29 is 4.79 Å². The summed E-state index contributed by atoms with van der Waals surface area (Å²) >= 11 is 0. The smallest absolute Gasteiger partial charge is 0.177 e. The minimum atomic E-state index is 0.238. The maximum Gasteiger partial charge on any atom is 0.177 e. The summed E-state index contributed by atoms with van der Waals surface area (Å²) in [5.41, 5.74) is 3.17. The molecule has 1 aliphatic carbocycles. The molecule has 2 rings (SSSR count). The van der Waals surface area contributed by atoms with Crippen molar-refractivity contribution in [2.75, 3.05) is 13.6 Å². The van der Waals surface area contributed by atoms with E-state index in [1.54, 1.807) is 0 Å². The van der Waals surface area contributed by atoms with E-state index >= 15 is 0 Å². The fourth-order valence-corrected chi connectivity index (χ4v) is 2.52. The SMILES string of the molecule is Cc1ccc(C(=O)CN(C)C(C)C2CC2)c(C)c1. The number of carbonyl (C=O) groups is 1. The summed E-state index contributed by atoms with van der Waals surface area (Å²) in [6, 6.07) is 6.59. The van der Waals surface area contributed by atoms with E-state index in [1.807, 2.05) is 19.1 Å². The first-order valence-electron chi connectivity index (χ1n) is 6.79. The monoisotopic (exact) mass is 245 g/mol. The molecule has 98 valence electrons. The summed E-state index contributed by atoms with van der Waals surface area (Å²) in [7, 11) is 2.06. The van der Waals surface area contributed by atoms with Gasteiger partial charge in [-0.2, -0.15) is 0 Å². The Kier molecular flexibility index (Phi) is 3.86. The van der Waals surface area contributed by atoms with Gasteiger partial charge in [-0.1, -0.05) is 23.8 Å². The van der Waals surface area contributed by atoms with Gasteiger partial charge >= 0.3 is 0 Å². The third kappa shape index (κ3) is 2.99. The highest BCUT2D eigenvalue weighted by atomic mass is 16.1. The number of hydrogen-bond acceptors (Lipinski definition) is 2. The van der Waals surface area contributed by atoms with Crippen molar-refractivity contribution in [1.29, 1.82) is 0 Å². The lowest BCUT2D eigenvalue weighted by molar-refractivity contribution is 0.0916. The zero-order valence-electron chi connectivity index (χ0n) is 11.9. The van der Waals surface area contributed by atoms with Gasteiger partial charge in [0.05, 0.1) is 6.54 Å². The van der Waals surface area contributed by atoms with Gasteiger partial charge < -0.3 is 0 Å². The van der Waals surface area contributed by atoms with Crippen LogP contribution in [0.1, 0.15) is 41.3 Å². The molecule has 0 aromatic heterocycles. The highest BCUT2D eigenvalue weighted by Gasteiger charge is 2.31. The van der Waals surface area contributed by atoms with E-state index in [1.165, 1.54) is 18.4 Å². The molecule has 0 saturated heterocycles. The van der Waals surface area contributed by atoms with Crippen molar-refractivity contribution in [3.05, 3.63) is 34.9 Å². The van der Waals surface area contributed by atoms with Crippen LogP contribution in [0.4, 0.5) is 0 Å². The zero-order valence-corrected chi connectivity index (χ0v) is 11.9. The van der Waals surface area contributed by atoms with E-state index in [-0.39, 0.29) is 5.78 Å². The van der Waals surface area contributed by atoms with Gasteiger partial charge in [0.25, 0.3) is 0 Å². The molecule has 0 N–H and O–H groups in total. The van der Waals surface area contributed by atoms with Crippen molar-refractivity contribution in [2.45, 2.75) is 39.7 Å². The average Bonchev–Trinajstić information content (AvgIpc) is 3.11. The number of hydrogen-bond donors (Lipinski definition) is 0. The highest BCUT2D eigenvalue weighted by molar-refractivity contribution is 5.98. The average molecular weight is 245 g/mol. The number of ketones is 1. The predicted molar refractivity (Wildman–Crippen MR) is 75.1 cm³/mol. The standard InChI is InChI=1S/C16H23NO/c1-11-5-8-15(12(2)9-11)16(18)10-17(4)13(3)14-6-7-14/h5,8-9,13-14H,6-7,10H2,1-4H3. The fourth-order valence-electron chi connectivity index (χ4n) is 2.52. The van der Waals surface area contributed by atoms with Gasteiger partial charge in [0, 0.05) is 11.6 Å². The zero-order chi connectivity index (χ0) is 13.3. The molecule has 18 heavy (non-hydrogen) atoms. The van der Waals surface area contributed by atoms with Gasteiger partial charge in [-0.3, -0.25) is 9.69 Å². The molecule has 2 nitrogen and oxygen atoms in total. The van der Waals surface area contributed by atoms with E-state index in [9.17, 15) is 4.79 Å². The number of aryl methyl sites for hydroxylation is 2. The van der Waals surface area contributed by atoms with E-state index in [0.29, 0.717) is 12.6 Å². The second-order valence-corrected chi connectivity index (χ2v) is 5.73. The molecule has 1 aromatic carbocycles. The molecule has 0 spiro atoms. The molecular formula is C16H23NO.